The number of piperidine rings is 1. The Morgan fingerprint density at radius 3 is 2.48 bits per heavy atom. The zero-order chi connectivity index (χ0) is 43.7. The number of rotatable bonds is 18. The fourth-order valence-corrected chi connectivity index (χ4v) is 8.77. The van der Waals surface area contributed by atoms with Crippen molar-refractivity contribution >= 4 is 64.1 Å². The number of piperazine rings is 1. The normalized spacial score (nSPS) is 18.2. The van der Waals surface area contributed by atoms with Gasteiger partial charge in [-0.25, -0.2) is 19.7 Å². The third kappa shape index (κ3) is 10.8. The Balaban J connectivity index is 0.672. The summed E-state index contributed by atoms with van der Waals surface area (Å²) >= 11 is 6.21. The predicted octanol–water partition coefficient (Wildman–Crippen LogP) is 3.58. The summed E-state index contributed by atoms with van der Waals surface area (Å²) in [6, 6.07) is 6.28. The van der Waals surface area contributed by atoms with Crippen molar-refractivity contribution in [1.82, 2.24) is 39.8 Å². The first-order valence-electron chi connectivity index (χ1n) is 21.6. The van der Waals surface area contributed by atoms with Crippen LogP contribution in [0.25, 0.3) is 5.78 Å². The zero-order valence-electron chi connectivity index (χ0n) is 35.0. The second-order valence-corrected chi connectivity index (χ2v) is 16.4. The lowest BCUT2D eigenvalue weighted by atomic mass is 10.0. The van der Waals surface area contributed by atoms with Crippen molar-refractivity contribution in [2.75, 3.05) is 87.8 Å². The Labute approximate surface area is 369 Å². The summed E-state index contributed by atoms with van der Waals surface area (Å²) in [6.07, 6.45) is 11.7. The number of urea groups is 1. The van der Waals surface area contributed by atoms with Crippen molar-refractivity contribution in [2.45, 2.75) is 63.5 Å². The number of imide groups is 1. The molecule has 3 fully saturated rings. The number of hydrogen-bond donors (Lipinski definition) is 4. The molecule has 1 saturated carbocycles. The molecule has 3 aromatic heterocycles. The number of benzene rings is 1. The Bertz CT molecular complexity index is 2310. The number of carbonyl (C=O) groups is 5. The van der Waals surface area contributed by atoms with E-state index < -0.39 is 18.0 Å². The van der Waals surface area contributed by atoms with Crippen LogP contribution in [0.15, 0.2) is 49.1 Å². The second-order valence-electron chi connectivity index (χ2n) is 16.0. The van der Waals surface area contributed by atoms with Crippen LogP contribution in [0.4, 0.5) is 21.9 Å². The van der Waals surface area contributed by atoms with Gasteiger partial charge in [0.2, 0.25) is 29.4 Å². The quantitative estimate of drug-likeness (QED) is 0.0832. The Morgan fingerprint density at radius 1 is 0.873 bits per heavy atom. The highest BCUT2D eigenvalue weighted by Crippen LogP contribution is 2.38. The molecule has 6 heterocycles. The average molecular weight is 886 g/mol. The van der Waals surface area contributed by atoms with Crippen LogP contribution in [0.3, 0.4) is 0 Å². The third-order valence-electron chi connectivity index (χ3n) is 11.8. The molecule has 4 aromatic rings. The number of pyridine rings is 1. The maximum absolute atomic E-state index is 13.2. The number of nitrogens with zero attached hydrogens (tertiary/aromatic N) is 7. The van der Waals surface area contributed by atoms with Gasteiger partial charge in [-0.15, -0.1) is 0 Å². The van der Waals surface area contributed by atoms with Gasteiger partial charge in [0.05, 0.1) is 55.6 Å². The number of fused-ring (bicyclic) bond motifs is 2. The van der Waals surface area contributed by atoms with Crippen LogP contribution in [0.2, 0.25) is 5.02 Å². The first-order chi connectivity index (χ1) is 30.7. The Hall–Kier alpha value is -5.89. The van der Waals surface area contributed by atoms with Crippen molar-refractivity contribution in [1.29, 1.82) is 0 Å². The van der Waals surface area contributed by atoms with E-state index in [1.54, 1.807) is 23.4 Å². The van der Waals surface area contributed by atoms with Crippen LogP contribution < -0.4 is 30.9 Å². The lowest BCUT2D eigenvalue weighted by Gasteiger charge is -2.36. The molecule has 1 unspecified atom stereocenters. The summed E-state index contributed by atoms with van der Waals surface area (Å²) < 4.78 is 19.1. The molecule has 0 bridgehead atoms. The largest absolute Gasteiger partial charge is 0.474 e. The number of hydrogen-bond acceptors (Lipinski definition) is 13. The fraction of sp³-hybridized carbons (Fsp3) is 0.488. The number of aromatic nitrogens is 4. The molecule has 1 aliphatic carbocycles. The third-order valence-corrected chi connectivity index (χ3v) is 12.0. The first kappa shape index (κ1) is 43.7. The van der Waals surface area contributed by atoms with Crippen LogP contribution in [0, 0.1) is 0 Å². The average Bonchev–Trinajstić information content (AvgIpc) is 4.05. The minimum absolute atomic E-state index is 0.108. The van der Waals surface area contributed by atoms with Crippen LogP contribution in [-0.4, -0.2) is 137 Å². The summed E-state index contributed by atoms with van der Waals surface area (Å²) in [7, 11) is 0. The molecule has 1 aromatic carbocycles. The SMILES string of the molecule is O=C(CCOCCOCCN1CCN(c2ccc3c(c2)CN(C2CCC(=O)NC2=O)C3=O)CC1)NCCOc1ncc(Cl)cc1NC(=O)Nc1cnc2nccn2c1C1CCCC1. The van der Waals surface area contributed by atoms with E-state index in [4.69, 9.17) is 25.8 Å². The molecule has 0 radical (unpaired) electrons. The van der Waals surface area contributed by atoms with Crippen LogP contribution in [0.5, 0.6) is 5.88 Å². The highest BCUT2D eigenvalue weighted by atomic mass is 35.5. The van der Waals surface area contributed by atoms with Crippen LogP contribution in [-0.2, 0) is 30.4 Å². The summed E-state index contributed by atoms with van der Waals surface area (Å²) in [5, 5.41) is 11.2. The van der Waals surface area contributed by atoms with E-state index in [2.05, 4.69) is 46.0 Å². The van der Waals surface area contributed by atoms with Crippen molar-refractivity contribution in [3.63, 3.8) is 0 Å². The maximum Gasteiger partial charge on any atom is 0.323 e. The van der Waals surface area contributed by atoms with Gasteiger partial charge in [-0.1, -0.05) is 24.4 Å². The topological polar surface area (TPSA) is 214 Å². The maximum atomic E-state index is 13.2. The number of ether oxygens (including phenoxy) is 3. The molecule has 3 aliphatic heterocycles. The summed E-state index contributed by atoms with van der Waals surface area (Å²) in [4.78, 5) is 81.8. The molecule has 4 aliphatic rings. The number of anilines is 3. The zero-order valence-corrected chi connectivity index (χ0v) is 35.7. The number of nitrogens with one attached hydrogen (secondary N) is 4. The van der Waals surface area contributed by atoms with E-state index in [1.165, 1.54) is 6.20 Å². The number of carbonyl (C=O) groups excluding carboxylic acids is 5. The highest BCUT2D eigenvalue weighted by molar-refractivity contribution is 6.30. The van der Waals surface area contributed by atoms with E-state index in [1.807, 2.05) is 28.8 Å². The molecular formula is C43H52ClN11O8. The lowest BCUT2D eigenvalue weighted by Crippen LogP contribution is -2.52. The van der Waals surface area contributed by atoms with E-state index in [-0.39, 0.29) is 67.8 Å². The second kappa shape index (κ2) is 20.5. The molecule has 63 heavy (non-hydrogen) atoms. The minimum Gasteiger partial charge on any atom is -0.474 e. The molecule has 1 atom stereocenters. The number of amides is 6. The van der Waals surface area contributed by atoms with E-state index in [0.717, 1.165) is 75.4 Å². The molecular weight excluding hydrogens is 834 g/mol. The predicted molar refractivity (Wildman–Crippen MR) is 232 cm³/mol. The Kier molecular flexibility index (Phi) is 14.3. The van der Waals surface area contributed by atoms with Crippen molar-refractivity contribution < 1.29 is 38.2 Å². The monoisotopic (exact) mass is 885 g/mol. The summed E-state index contributed by atoms with van der Waals surface area (Å²) in [5.74, 6) is -0.0381. The van der Waals surface area contributed by atoms with E-state index in [0.29, 0.717) is 54.8 Å². The Morgan fingerprint density at radius 2 is 1.67 bits per heavy atom. The number of halogens is 1. The molecule has 334 valence electrons. The summed E-state index contributed by atoms with van der Waals surface area (Å²) in [6.45, 7) is 6.47. The van der Waals surface area contributed by atoms with Gasteiger partial charge >= 0.3 is 6.03 Å². The van der Waals surface area contributed by atoms with Crippen molar-refractivity contribution in [3.8, 4) is 5.88 Å². The molecule has 19 nitrogen and oxygen atoms in total. The minimum atomic E-state index is -0.623. The van der Waals surface area contributed by atoms with Gasteiger partial charge in [0.25, 0.3) is 5.91 Å². The van der Waals surface area contributed by atoms with Crippen molar-refractivity contribution in [3.05, 3.63) is 70.9 Å². The fourth-order valence-electron chi connectivity index (χ4n) is 8.61. The van der Waals surface area contributed by atoms with Crippen molar-refractivity contribution in [2.24, 2.45) is 0 Å². The van der Waals surface area contributed by atoms with Crippen LogP contribution >= 0.6 is 11.6 Å². The van der Waals surface area contributed by atoms with Crippen LogP contribution in [0.1, 0.15) is 72.5 Å². The van der Waals surface area contributed by atoms with Gasteiger partial charge in [0.1, 0.15) is 18.3 Å². The van der Waals surface area contributed by atoms with Gasteiger partial charge in [0, 0.05) is 87.9 Å². The highest BCUT2D eigenvalue weighted by Gasteiger charge is 2.39. The lowest BCUT2D eigenvalue weighted by molar-refractivity contribution is -0.137. The molecule has 6 amide bonds. The first-order valence-corrected chi connectivity index (χ1v) is 21.9. The molecule has 20 heteroatoms. The van der Waals surface area contributed by atoms with Gasteiger partial charge in [-0.2, -0.15) is 0 Å². The molecule has 8 rings (SSSR count). The number of imidazole rings is 1. The molecule has 4 N–H and O–H groups in total. The molecule has 2 saturated heterocycles. The van der Waals surface area contributed by atoms with Gasteiger partial charge < -0.3 is 40.0 Å². The standard InChI is InChI=1S/C43H52ClN11O8/c44-30-24-33(49-43(60)50-34-26-48-42-46-10-12-54(42)38(34)28-3-1-2-4-28)40(47-25-30)63-19-11-45-36(56)9-18-61-21-22-62-20-17-52-13-15-53(16-14-52)31-5-6-32-29(23-31)27-55(41(32)59)35-7-8-37(57)51-39(35)58/h5-6,10,12,23-26,28,35H,1-4,7-9,11,13-22,27H2,(H,45,56)(H2,49,50,60)(H,51,57,58). The van der Waals surface area contributed by atoms with E-state index in [9.17, 15) is 24.0 Å². The molecule has 0 spiro atoms. The van der Waals surface area contributed by atoms with Gasteiger partial charge in [-0.3, -0.25) is 33.8 Å². The smallest absolute Gasteiger partial charge is 0.323 e. The van der Waals surface area contributed by atoms with E-state index >= 15 is 0 Å². The summed E-state index contributed by atoms with van der Waals surface area (Å²) in [5.41, 5.74) is 4.41. The van der Waals surface area contributed by atoms with Gasteiger partial charge in [0.15, 0.2) is 0 Å². The van der Waals surface area contributed by atoms with Gasteiger partial charge in [-0.05, 0) is 49.1 Å².